The van der Waals surface area contributed by atoms with E-state index in [0.29, 0.717) is 9.21 Å². The summed E-state index contributed by atoms with van der Waals surface area (Å²) in [6.07, 6.45) is 0.726. The lowest BCUT2D eigenvalue weighted by molar-refractivity contribution is 0.100. The van der Waals surface area contributed by atoms with Crippen LogP contribution in [0, 0.1) is 0 Å². The van der Waals surface area contributed by atoms with Gasteiger partial charge < -0.3 is 5.73 Å². The van der Waals surface area contributed by atoms with Gasteiger partial charge in [-0.05, 0) is 23.6 Å². The lowest BCUT2D eigenvalue weighted by atomic mass is 10.1. The highest BCUT2D eigenvalue weighted by molar-refractivity contribution is 7.18. The van der Waals surface area contributed by atoms with Crippen LogP contribution in [-0.2, 0) is 6.42 Å². The number of rotatable bonds is 3. The molecule has 0 saturated carbocycles. The number of hydrogen-bond donors (Lipinski definition) is 1. The third-order valence-corrected chi connectivity index (χ3v) is 3.69. The fourth-order valence-electron chi connectivity index (χ4n) is 1.46. The lowest BCUT2D eigenvalue weighted by Gasteiger charge is -1.98. The Bertz CT molecular complexity index is 508. The number of primary amides is 1. The molecule has 2 aromatic rings. The first kappa shape index (κ1) is 14.7. The molecule has 0 unspecified atom stereocenters. The van der Waals surface area contributed by atoms with Crippen molar-refractivity contribution < 1.29 is 4.79 Å². The predicted molar refractivity (Wildman–Crippen MR) is 78.4 cm³/mol. The molecule has 1 aromatic heterocycles. The number of carbonyl (C=O) groups is 1. The maximum atomic E-state index is 11.0. The first-order valence-corrected chi connectivity index (χ1v) is 6.98. The molecule has 2 N–H and O–H groups in total. The fraction of sp³-hybridized carbons (Fsp3) is 0.214. The second-order valence-corrected chi connectivity index (χ2v) is 5.09. The van der Waals surface area contributed by atoms with E-state index in [9.17, 15) is 4.79 Å². The average molecular weight is 282 g/mol. The number of nitrogens with two attached hydrogens (primary N) is 1. The highest BCUT2D eigenvalue weighted by Crippen LogP contribution is 2.29. The van der Waals surface area contributed by atoms with Gasteiger partial charge in [-0.2, -0.15) is 0 Å². The average Bonchev–Trinajstić information content (AvgIpc) is 2.75. The molecule has 4 heteroatoms. The van der Waals surface area contributed by atoms with Gasteiger partial charge in [0.05, 0.1) is 9.21 Å². The Hall–Kier alpha value is -1.32. The molecule has 18 heavy (non-hydrogen) atoms. The van der Waals surface area contributed by atoms with Crippen molar-refractivity contribution in [2.45, 2.75) is 20.3 Å². The minimum absolute atomic E-state index is 0.425. The predicted octanol–water partition coefficient (Wildman–Crippen LogP) is 4.12. The molecule has 0 fully saturated rings. The molecule has 0 bridgehead atoms. The Kier molecular flexibility index (Phi) is 5.89. The third kappa shape index (κ3) is 3.86. The second kappa shape index (κ2) is 7.19. The van der Waals surface area contributed by atoms with Crippen LogP contribution in [0.3, 0.4) is 0 Å². The molecule has 2 rings (SSSR count). The minimum Gasteiger partial charge on any atom is -0.365 e. The van der Waals surface area contributed by atoms with Crippen molar-refractivity contribution in [1.29, 1.82) is 0 Å². The number of halogens is 1. The van der Waals surface area contributed by atoms with E-state index in [1.165, 1.54) is 16.9 Å². The molecule has 0 radical (unpaired) electrons. The van der Waals surface area contributed by atoms with Crippen molar-refractivity contribution in [3.05, 3.63) is 56.7 Å². The van der Waals surface area contributed by atoms with Crippen LogP contribution in [0.1, 0.15) is 34.6 Å². The van der Waals surface area contributed by atoms with Crippen molar-refractivity contribution >= 4 is 28.8 Å². The van der Waals surface area contributed by atoms with Crippen molar-refractivity contribution in [2.75, 3.05) is 0 Å². The molecule has 0 saturated heterocycles. The summed E-state index contributed by atoms with van der Waals surface area (Å²) in [5.41, 5.74) is 7.32. The highest BCUT2D eigenvalue weighted by Gasteiger charge is 2.11. The smallest absolute Gasteiger partial charge is 0.258 e. The van der Waals surface area contributed by atoms with E-state index in [2.05, 4.69) is 0 Å². The molecule has 1 heterocycles. The van der Waals surface area contributed by atoms with Gasteiger partial charge in [-0.25, -0.2) is 0 Å². The van der Waals surface area contributed by atoms with E-state index < -0.39 is 5.91 Å². The maximum absolute atomic E-state index is 11.0. The number of thiophene rings is 1. The standard InChI is InChI=1S/C12H10ClNOS.C2H6/c13-11-9(7-10(16-11)12(14)15)6-8-4-2-1-3-5-8;1-2/h1-5,7H,6H2,(H2,14,15);1-2H3. The zero-order chi connectivity index (χ0) is 13.5. The van der Waals surface area contributed by atoms with Gasteiger partial charge in [0.2, 0.25) is 0 Å². The lowest BCUT2D eigenvalue weighted by Crippen LogP contribution is -2.08. The largest absolute Gasteiger partial charge is 0.365 e. The van der Waals surface area contributed by atoms with E-state index in [4.69, 9.17) is 17.3 Å². The summed E-state index contributed by atoms with van der Waals surface area (Å²) in [5.74, 6) is -0.425. The number of benzene rings is 1. The molecular weight excluding hydrogens is 266 g/mol. The van der Waals surface area contributed by atoms with Crippen molar-refractivity contribution in [2.24, 2.45) is 5.73 Å². The van der Waals surface area contributed by atoms with E-state index >= 15 is 0 Å². The molecule has 1 amide bonds. The van der Waals surface area contributed by atoms with Crippen molar-refractivity contribution in [1.82, 2.24) is 0 Å². The quantitative estimate of drug-likeness (QED) is 0.904. The Morgan fingerprint density at radius 3 is 2.39 bits per heavy atom. The molecule has 1 aromatic carbocycles. The molecule has 2 nitrogen and oxygen atoms in total. The summed E-state index contributed by atoms with van der Waals surface area (Å²) in [6.45, 7) is 4.00. The second-order valence-electron chi connectivity index (χ2n) is 3.44. The van der Waals surface area contributed by atoms with Crippen LogP contribution in [0.2, 0.25) is 4.34 Å². The Balaban J connectivity index is 0.000000771. The molecule has 0 spiro atoms. The zero-order valence-electron chi connectivity index (χ0n) is 10.4. The van der Waals surface area contributed by atoms with E-state index in [0.717, 1.165) is 12.0 Å². The Morgan fingerprint density at radius 1 is 1.28 bits per heavy atom. The molecule has 0 aliphatic carbocycles. The SMILES string of the molecule is CC.NC(=O)c1cc(Cc2ccccc2)c(Cl)s1. The molecular formula is C14H16ClNOS. The van der Waals surface area contributed by atoms with Gasteiger partial charge in [-0.1, -0.05) is 55.8 Å². The van der Waals surface area contributed by atoms with E-state index in [-0.39, 0.29) is 0 Å². The molecule has 96 valence electrons. The van der Waals surface area contributed by atoms with Crippen molar-refractivity contribution in [3.8, 4) is 0 Å². The summed E-state index contributed by atoms with van der Waals surface area (Å²) >= 11 is 7.28. The van der Waals surface area contributed by atoms with Gasteiger partial charge in [0.25, 0.3) is 5.91 Å². The van der Waals surface area contributed by atoms with Gasteiger partial charge in [0.15, 0.2) is 0 Å². The molecule has 0 aliphatic rings. The van der Waals surface area contributed by atoms with Crippen molar-refractivity contribution in [3.63, 3.8) is 0 Å². The maximum Gasteiger partial charge on any atom is 0.258 e. The number of hydrogen-bond acceptors (Lipinski definition) is 2. The van der Waals surface area contributed by atoms with Gasteiger partial charge >= 0.3 is 0 Å². The van der Waals surface area contributed by atoms with Gasteiger partial charge in [0.1, 0.15) is 0 Å². The van der Waals surface area contributed by atoms with Crippen LogP contribution in [0.25, 0.3) is 0 Å². The summed E-state index contributed by atoms with van der Waals surface area (Å²) in [7, 11) is 0. The minimum atomic E-state index is -0.425. The number of amides is 1. The first-order chi connectivity index (χ1) is 8.66. The topological polar surface area (TPSA) is 43.1 Å². The molecule has 0 atom stereocenters. The first-order valence-electron chi connectivity index (χ1n) is 5.79. The van der Waals surface area contributed by atoms with Crippen LogP contribution in [0.5, 0.6) is 0 Å². The zero-order valence-corrected chi connectivity index (χ0v) is 12.0. The van der Waals surface area contributed by atoms with Gasteiger partial charge in [0, 0.05) is 0 Å². The van der Waals surface area contributed by atoms with Crippen LogP contribution < -0.4 is 5.73 Å². The van der Waals surface area contributed by atoms with E-state index in [1.54, 1.807) is 6.07 Å². The Labute approximate surface area is 116 Å². The third-order valence-electron chi connectivity index (χ3n) is 2.24. The summed E-state index contributed by atoms with van der Waals surface area (Å²) < 4.78 is 0.637. The molecule has 0 aliphatic heterocycles. The number of carbonyl (C=O) groups excluding carboxylic acids is 1. The summed E-state index contributed by atoms with van der Waals surface area (Å²) in [5, 5.41) is 0. The monoisotopic (exact) mass is 281 g/mol. The summed E-state index contributed by atoms with van der Waals surface area (Å²) in [6, 6.07) is 11.7. The van der Waals surface area contributed by atoms with Crippen LogP contribution >= 0.6 is 22.9 Å². The van der Waals surface area contributed by atoms with Crippen LogP contribution in [0.4, 0.5) is 0 Å². The van der Waals surface area contributed by atoms with Crippen LogP contribution in [-0.4, -0.2) is 5.91 Å². The van der Waals surface area contributed by atoms with Crippen LogP contribution in [0.15, 0.2) is 36.4 Å². The van der Waals surface area contributed by atoms with Gasteiger partial charge in [-0.15, -0.1) is 11.3 Å². The fourth-order valence-corrected chi connectivity index (χ4v) is 2.59. The Morgan fingerprint density at radius 2 is 1.89 bits per heavy atom. The van der Waals surface area contributed by atoms with E-state index in [1.807, 2.05) is 44.2 Å². The normalized spacial score (nSPS) is 9.50. The van der Waals surface area contributed by atoms with Gasteiger partial charge in [-0.3, -0.25) is 4.79 Å². The summed E-state index contributed by atoms with van der Waals surface area (Å²) in [4.78, 5) is 11.5. The highest BCUT2D eigenvalue weighted by atomic mass is 35.5.